The van der Waals surface area contributed by atoms with Gasteiger partial charge in [-0.3, -0.25) is 0 Å². The molecule has 1 aliphatic heterocycles. The summed E-state index contributed by atoms with van der Waals surface area (Å²) < 4.78 is 8.58. The molecule has 9 aromatic rings. The fourth-order valence-corrected chi connectivity index (χ4v) is 8.38. The van der Waals surface area contributed by atoms with E-state index >= 15 is 0 Å². The van der Waals surface area contributed by atoms with Crippen LogP contribution in [0.5, 0.6) is 0 Å². The molecule has 0 radical (unpaired) electrons. The normalized spacial score (nSPS) is 14.8. The van der Waals surface area contributed by atoms with Gasteiger partial charge in [0.05, 0.1) is 11.0 Å². The Balaban J connectivity index is 1.12. The Labute approximate surface area is 251 Å². The fourth-order valence-electron chi connectivity index (χ4n) is 7.09. The number of hydrogen-bond donors (Lipinski definition) is 1. The second-order valence-electron chi connectivity index (χ2n) is 11.3. The van der Waals surface area contributed by atoms with Crippen molar-refractivity contribution in [1.29, 1.82) is 0 Å². The first-order valence-electron chi connectivity index (χ1n) is 14.6. The van der Waals surface area contributed by atoms with Crippen molar-refractivity contribution >= 4 is 82.7 Å². The summed E-state index contributed by atoms with van der Waals surface area (Å²) in [5, 5.41) is 14.0. The topological polar surface area (TPSA) is 30.1 Å². The van der Waals surface area contributed by atoms with Crippen LogP contribution in [-0.2, 0) is 0 Å². The number of nitrogens with zero attached hydrogens (tertiary/aromatic N) is 1. The van der Waals surface area contributed by atoms with Crippen LogP contribution in [0.1, 0.15) is 10.9 Å². The molecule has 0 fully saturated rings. The van der Waals surface area contributed by atoms with Crippen molar-refractivity contribution < 1.29 is 4.42 Å². The predicted molar refractivity (Wildman–Crippen MR) is 182 cm³/mol. The molecule has 1 N–H and O–H groups in total. The summed E-state index contributed by atoms with van der Waals surface area (Å²) in [5.41, 5.74) is 7.92. The number of hydrogen-bond acceptors (Lipinski definition) is 3. The molecule has 3 nitrogen and oxygen atoms in total. The molecule has 3 heterocycles. The number of anilines is 1. The SMILES string of the molecule is c1ccc2c(c1)ccc1c2c2c3ccccc3ccc2n1-c1ccc(C2Nc3ccc4oc5ccccc5c4c3S2)cc1. The van der Waals surface area contributed by atoms with E-state index in [4.69, 9.17) is 4.42 Å². The minimum Gasteiger partial charge on any atom is -0.456 e. The Bertz CT molecular complexity index is 2480. The highest BCUT2D eigenvalue weighted by Gasteiger charge is 2.27. The second-order valence-corrected chi connectivity index (χ2v) is 12.5. The van der Waals surface area contributed by atoms with Crippen molar-refractivity contribution in [1.82, 2.24) is 4.57 Å². The van der Waals surface area contributed by atoms with Gasteiger partial charge < -0.3 is 14.3 Å². The minimum absolute atomic E-state index is 0.134. The van der Waals surface area contributed by atoms with Gasteiger partial charge in [-0.15, -0.1) is 0 Å². The van der Waals surface area contributed by atoms with E-state index in [2.05, 4.69) is 131 Å². The second kappa shape index (κ2) is 8.66. The molecular weight excluding hydrogens is 545 g/mol. The molecule has 202 valence electrons. The van der Waals surface area contributed by atoms with Crippen LogP contribution in [0.3, 0.4) is 0 Å². The molecule has 1 atom stereocenters. The van der Waals surface area contributed by atoms with E-state index < -0.39 is 0 Å². The Morgan fingerprint density at radius 1 is 0.535 bits per heavy atom. The van der Waals surface area contributed by atoms with Gasteiger partial charge in [0.15, 0.2) is 0 Å². The number of fused-ring (bicyclic) bond motifs is 12. The monoisotopic (exact) mass is 568 g/mol. The zero-order valence-corrected chi connectivity index (χ0v) is 23.9. The zero-order chi connectivity index (χ0) is 28.1. The number of benzene rings is 7. The summed E-state index contributed by atoms with van der Waals surface area (Å²) in [4.78, 5) is 1.26. The van der Waals surface area contributed by atoms with Gasteiger partial charge in [-0.2, -0.15) is 0 Å². The van der Waals surface area contributed by atoms with Crippen molar-refractivity contribution in [2.75, 3.05) is 5.32 Å². The van der Waals surface area contributed by atoms with Crippen LogP contribution in [0.25, 0.3) is 71.0 Å². The summed E-state index contributed by atoms with van der Waals surface area (Å²) in [6.45, 7) is 0. The van der Waals surface area contributed by atoms with E-state index in [1.165, 1.54) is 70.3 Å². The molecular formula is C39H24N2OS. The summed E-state index contributed by atoms with van der Waals surface area (Å²) >= 11 is 1.87. The Morgan fingerprint density at radius 3 is 1.86 bits per heavy atom. The van der Waals surface area contributed by atoms with E-state index in [0.717, 1.165) is 16.9 Å². The first kappa shape index (κ1) is 23.4. The maximum atomic E-state index is 6.16. The van der Waals surface area contributed by atoms with Gasteiger partial charge in [0, 0.05) is 37.8 Å². The number of rotatable bonds is 2. The van der Waals surface area contributed by atoms with Crippen molar-refractivity contribution in [2.24, 2.45) is 0 Å². The average Bonchev–Trinajstić information content (AvgIpc) is 3.76. The quantitative estimate of drug-likeness (QED) is 0.225. The third-order valence-electron chi connectivity index (χ3n) is 9.02. The molecule has 1 aliphatic rings. The first-order chi connectivity index (χ1) is 21.3. The number of thioether (sulfide) groups is 1. The molecule has 0 saturated carbocycles. The Kier molecular flexibility index (Phi) is 4.71. The van der Waals surface area contributed by atoms with Crippen LogP contribution in [0.2, 0.25) is 0 Å². The standard InChI is InChI=1S/C39H24N2OS/c1-3-9-27-23(7-1)15-20-31-35(27)36-28-10-4-2-8-24(28)16-21-32(36)41(31)26-17-13-25(14-18-26)39-40-30-19-22-34-37(38(30)43-39)29-11-5-6-12-33(29)42-34/h1-22,39-40H. The summed E-state index contributed by atoms with van der Waals surface area (Å²) in [5.74, 6) is 0. The molecule has 4 heteroatoms. The zero-order valence-electron chi connectivity index (χ0n) is 23.0. The molecule has 2 aromatic heterocycles. The van der Waals surface area contributed by atoms with Gasteiger partial charge in [0.2, 0.25) is 0 Å². The van der Waals surface area contributed by atoms with E-state index in [1.807, 2.05) is 23.9 Å². The highest BCUT2D eigenvalue weighted by molar-refractivity contribution is 8.00. The van der Waals surface area contributed by atoms with Gasteiger partial charge in [0.25, 0.3) is 0 Å². The minimum atomic E-state index is 0.134. The molecule has 0 saturated heterocycles. The number of furan rings is 1. The molecule has 0 spiro atoms. The van der Waals surface area contributed by atoms with Crippen molar-refractivity contribution in [3.63, 3.8) is 0 Å². The highest BCUT2D eigenvalue weighted by Crippen LogP contribution is 2.52. The maximum absolute atomic E-state index is 6.16. The van der Waals surface area contributed by atoms with Crippen LogP contribution in [0.4, 0.5) is 5.69 Å². The predicted octanol–water partition coefficient (Wildman–Crippen LogP) is 11.2. The molecule has 10 rings (SSSR count). The Morgan fingerprint density at radius 2 is 1.16 bits per heavy atom. The largest absolute Gasteiger partial charge is 0.456 e. The summed E-state index contributed by atoms with van der Waals surface area (Å²) in [6.07, 6.45) is 0. The lowest BCUT2D eigenvalue weighted by Crippen LogP contribution is -2.01. The van der Waals surface area contributed by atoms with Gasteiger partial charge >= 0.3 is 0 Å². The van der Waals surface area contributed by atoms with Crippen LogP contribution in [0, 0.1) is 0 Å². The highest BCUT2D eigenvalue weighted by atomic mass is 32.2. The molecule has 0 bridgehead atoms. The Hall–Kier alpha value is -5.19. The van der Waals surface area contributed by atoms with Gasteiger partial charge in [-0.1, -0.05) is 103 Å². The molecule has 0 amide bonds. The van der Waals surface area contributed by atoms with Crippen LogP contribution in [-0.4, -0.2) is 4.57 Å². The van der Waals surface area contributed by atoms with E-state index in [9.17, 15) is 0 Å². The summed E-state index contributed by atoms with van der Waals surface area (Å²) in [6, 6.07) is 48.2. The van der Waals surface area contributed by atoms with Crippen LogP contribution in [0.15, 0.2) is 143 Å². The fraction of sp³-hybridized carbons (Fsp3) is 0.0256. The number of para-hydroxylation sites is 1. The van der Waals surface area contributed by atoms with E-state index in [-0.39, 0.29) is 5.37 Å². The van der Waals surface area contributed by atoms with Crippen molar-refractivity contribution in [3.8, 4) is 5.69 Å². The average molecular weight is 569 g/mol. The lowest BCUT2D eigenvalue weighted by atomic mass is 10.00. The maximum Gasteiger partial charge on any atom is 0.136 e. The smallest absolute Gasteiger partial charge is 0.136 e. The summed E-state index contributed by atoms with van der Waals surface area (Å²) in [7, 11) is 0. The van der Waals surface area contributed by atoms with E-state index in [0.29, 0.717) is 0 Å². The van der Waals surface area contributed by atoms with Gasteiger partial charge in [0.1, 0.15) is 16.5 Å². The number of aromatic nitrogens is 1. The lowest BCUT2D eigenvalue weighted by molar-refractivity contribution is 0.668. The lowest BCUT2D eigenvalue weighted by Gasteiger charge is -2.13. The first-order valence-corrected chi connectivity index (χ1v) is 15.5. The molecule has 7 aromatic carbocycles. The third-order valence-corrected chi connectivity index (χ3v) is 10.3. The van der Waals surface area contributed by atoms with E-state index in [1.54, 1.807) is 0 Å². The van der Waals surface area contributed by atoms with Crippen molar-refractivity contribution in [3.05, 3.63) is 139 Å². The van der Waals surface area contributed by atoms with Gasteiger partial charge in [-0.25, -0.2) is 0 Å². The number of nitrogens with one attached hydrogen (secondary N) is 1. The van der Waals surface area contributed by atoms with Gasteiger partial charge in [-0.05, 0) is 69.6 Å². The molecule has 0 aliphatic carbocycles. The molecule has 43 heavy (non-hydrogen) atoms. The van der Waals surface area contributed by atoms with Crippen LogP contribution < -0.4 is 5.32 Å². The molecule has 1 unspecified atom stereocenters. The van der Waals surface area contributed by atoms with Crippen molar-refractivity contribution in [2.45, 2.75) is 10.3 Å². The van der Waals surface area contributed by atoms with Crippen LogP contribution >= 0.6 is 11.8 Å². The third kappa shape index (κ3) is 3.27.